The largest absolute Gasteiger partial charge is 0.406 e. The molecule has 0 bridgehead atoms. The summed E-state index contributed by atoms with van der Waals surface area (Å²) < 4.78 is 40.1. The van der Waals surface area contributed by atoms with Crippen molar-refractivity contribution in [3.8, 4) is 11.4 Å². The maximum atomic E-state index is 13.0. The Morgan fingerprint density at radius 3 is 2.43 bits per heavy atom. The maximum absolute atomic E-state index is 13.0. The smallest absolute Gasteiger partial charge is 0.293 e. The van der Waals surface area contributed by atoms with Crippen molar-refractivity contribution in [3.05, 3.63) is 24.5 Å². The van der Waals surface area contributed by atoms with Crippen molar-refractivity contribution >= 4 is 11.8 Å². The number of hydrogen-bond donors (Lipinski definition) is 0. The molecule has 0 aromatic carbocycles. The topological polar surface area (TPSA) is 43.6 Å². The Labute approximate surface area is 136 Å². The molecular weight excluding hydrogens is 325 g/mol. The van der Waals surface area contributed by atoms with Gasteiger partial charge >= 0.3 is 6.18 Å². The van der Waals surface area contributed by atoms with Crippen LogP contribution in [0.25, 0.3) is 11.4 Å². The van der Waals surface area contributed by atoms with Gasteiger partial charge in [-0.15, -0.1) is 10.2 Å². The number of nitrogens with zero attached hydrogens (tertiary/aromatic N) is 4. The number of rotatable bonds is 4. The molecule has 0 saturated heterocycles. The van der Waals surface area contributed by atoms with Gasteiger partial charge in [-0.3, -0.25) is 9.55 Å². The number of hydrogen-bond acceptors (Lipinski definition) is 4. The van der Waals surface area contributed by atoms with Crippen molar-refractivity contribution < 1.29 is 13.2 Å². The molecule has 0 N–H and O–H groups in total. The molecule has 23 heavy (non-hydrogen) atoms. The fourth-order valence-electron chi connectivity index (χ4n) is 2.74. The zero-order chi connectivity index (χ0) is 16.3. The molecule has 1 aliphatic rings. The second-order valence-electron chi connectivity index (χ2n) is 5.62. The van der Waals surface area contributed by atoms with Crippen LogP contribution in [-0.2, 0) is 6.54 Å². The van der Waals surface area contributed by atoms with Crippen molar-refractivity contribution in [2.45, 2.75) is 55.2 Å². The van der Waals surface area contributed by atoms with Gasteiger partial charge in [0.05, 0.1) is 0 Å². The summed E-state index contributed by atoms with van der Waals surface area (Å²) in [6, 6.07) is 3.29. The predicted octanol–water partition coefficient (Wildman–Crippen LogP) is 4.33. The zero-order valence-electron chi connectivity index (χ0n) is 12.5. The Morgan fingerprint density at radius 2 is 1.78 bits per heavy atom. The van der Waals surface area contributed by atoms with E-state index in [-0.39, 0.29) is 5.82 Å². The highest BCUT2D eigenvalue weighted by Gasteiger charge is 2.32. The van der Waals surface area contributed by atoms with Crippen molar-refractivity contribution in [1.29, 1.82) is 0 Å². The summed E-state index contributed by atoms with van der Waals surface area (Å²) >= 11 is 1.42. The number of aromatic nitrogens is 4. The highest BCUT2D eigenvalue weighted by molar-refractivity contribution is 7.99. The lowest BCUT2D eigenvalue weighted by molar-refractivity contribution is -0.141. The Bertz CT molecular complexity index is 636. The van der Waals surface area contributed by atoms with Crippen molar-refractivity contribution in [3.63, 3.8) is 0 Å². The van der Waals surface area contributed by atoms with Gasteiger partial charge < -0.3 is 0 Å². The van der Waals surface area contributed by atoms with E-state index in [1.165, 1.54) is 35.1 Å². The van der Waals surface area contributed by atoms with E-state index in [9.17, 15) is 13.2 Å². The van der Waals surface area contributed by atoms with Gasteiger partial charge in [0.2, 0.25) is 0 Å². The molecule has 2 aromatic heterocycles. The van der Waals surface area contributed by atoms with E-state index < -0.39 is 12.7 Å². The van der Waals surface area contributed by atoms with E-state index in [4.69, 9.17) is 0 Å². The van der Waals surface area contributed by atoms with Gasteiger partial charge in [-0.2, -0.15) is 13.2 Å². The molecule has 2 heterocycles. The second-order valence-corrected chi connectivity index (χ2v) is 6.89. The normalized spacial score (nSPS) is 16.7. The monoisotopic (exact) mass is 342 g/mol. The summed E-state index contributed by atoms with van der Waals surface area (Å²) in [5.41, 5.74) is 0.590. The summed E-state index contributed by atoms with van der Waals surface area (Å²) in [5.74, 6) is 0.239. The second kappa shape index (κ2) is 6.90. The summed E-state index contributed by atoms with van der Waals surface area (Å²) in [6.07, 6.45) is 4.26. The minimum Gasteiger partial charge on any atom is -0.293 e. The highest BCUT2D eigenvalue weighted by atomic mass is 32.2. The third-order valence-electron chi connectivity index (χ3n) is 3.82. The molecule has 8 heteroatoms. The molecule has 0 aliphatic heterocycles. The fourth-order valence-corrected chi connectivity index (χ4v) is 3.98. The summed E-state index contributed by atoms with van der Waals surface area (Å²) in [7, 11) is 0. The quantitative estimate of drug-likeness (QED) is 0.830. The third kappa shape index (κ3) is 4.25. The standard InChI is InChI=1S/C15H17F3N4S/c16-15(17,18)10-22-13(11-6-8-19-9-7-11)20-21-14(22)23-12-4-2-1-3-5-12/h6-9,12H,1-5,10H2. The molecule has 1 fully saturated rings. The van der Waals surface area contributed by atoms with Crippen LogP contribution in [-0.4, -0.2) is 31.2 Å². The first-order valence-corrected chi connectivity index (χ1v) is 8.48. The molecule has 0 amide bonds. The highest BCUT2D eigenvalue weighted by Crippen LogP contribution is 2.35. The number of alkyl halides is 3. The fraction of sp³-hybridized carbons (Fsp3) is 0.533. The van der Waals surface area contributed by atoms with Crippen LogP contribution >= 0.6 is 11.8 Å². The lowest BCUT2D eigenvalue weighted by Crippen LogP contribution is -2.20. The Kier molecular flexibility index (Phi) is 4.89. The van der Waals surface area contributed by atoms with Gasteiger partial charge in [0.15, 0.2) is 11.0 Å². The molecule has 4 nitrogen and oxygen atoms in total. The van der Waals surface area contributed by atoms with E-state index in [0.29, 0.717) is 16.0 Å². The third-order valence-corrected chi connectivity index (χ3v) is 5.13. The average molecular weight is 342 g/mol. The SMILES string of the molecule is FC(F)(F)Cn1c(SC2CCCCC2)nnc1-c1ccncc1. The maximum Gasteiger partial charge on any atom is 0.406 e. The van der Waals surface area contributed by atoms with E-state index in [2.05, 4.69) is 15.2 Å². The van der Waals surface area contributed by atoms with Gasteiger partial charge in [0.25, 0.3) is 0 Å². The Hall–Kier alpha value is -1.57. The lowest BCUT2D eigenvalue weighted by atomic mass is 10.0. The average Bonchev–Trinajstić information content (AvgIpc) is 2.90. The van der Waals surface area contributed by atoms with Crippen molar-refractivity contribution in [2.24, 2.45) is 0 Å². The first-order chi connectivity index (χ1) is 11.0. The molecule has 1 aliphatic carbocycles. The van der Waals surface area contributed by atoms with Crippen molar-refractivity contribution in [2.75, 3.05) is 0 Å². The number of halogens is 3. The van der Waals surface area contributed by atoms with Crippen LogP contribution in [0.1, 0.15) is 32.1 Å². The van der Waals surface area contributed by atoms with E-state index in [0.717, 1.165) is 25.7 Å². The van der Waals surface area contributed by atoms with Crippen molar-refractivity contribution in [1.82, 2.24) is 19.7 Å². The van der Waals surface area contributed by atoms with Crippen LogP contribution < -0.4 is 0 Å². The van der Waals surface area contributed by atoms with E-state index in [1.54, 1.807) is 12.1 Å². The van der Waals surface area contributed by atoms with Crippen LogP contribution in [0.4, 0.5) is 13.2 Å². The minimum atomic E-state index is -4.31. The van der Waals surface area contributed by atoms with E-state index in [1.807, 2.05) is 0 Å². The first-order valence-electron chi connectivity index (χ1n) is 7.60. The molecule has 2 aromatic rings. The lowest BCUT2D eigenvalue weighted by Gasteiger charge is -2.21. The number of pyridine rings is 1. The molecule has 0 spiro atoms. The van der Waals surface area contributed by atoms with Gasteiger partial charge in [-0.1, -0.05) is 31.0 Å². The first kappa shape index (κ1) is 16.3. The van der Waals surface area contributed by atoms with Gasteiger partial charge in [-0.25, -0.2) is 0 Å². The predicted molar refractivity (Wildman–Crippen MR) is 82.0 cm³/mol. The zero-order valence-corrected chi connectivity index (χ0v) is 13.3. The van der Waals surface area contributed by atoms with Gasteiger partial charge in [0, 0.05) is 23.2 Å². The molecule has 0 unspecified atom stereocenters. The summed E-state index contributed by atoms with van der Waals surface area (Å²) in [5, 5.41) is 8.70. The van der Waals surface area contributed by atoms with Crippen LogP contribution in [0, 0.1) is 0 Å². The van der Waals surface area contributed by atoms with Crippen LogP contribution in [0.5, 0.6) is 0 Å². The minimum absolute atomic E-state index is 0.239. The number of thioether (sulfide) groups is 1. The Morgan fingerprint density at radius 1 is 1.09 bits per heavy atom. The molecule has 124 valence electrons. The Balaban J connectivity index is 1.90. The summed E-state index contributed by atoms with van der Waals surface area (Å²) in [4.78, 5) is 3.89. The van der Waals surface area contributed by atoms with Gasteiger partial charge in [-0.05, 0) is 25.0 Å². The molecule has 1 saturated carbocycles. The van der Waals surface area contributed by atoms with Crippen LogP contribution in [0.15, 0.2) is 29.7 Å². The molecule has 3 rings (SSSR count). The molecule has 0 radical (unpaired) electrons. The molecular formula is C15H17F3N4S. The van der Waals surface area contributed by atoms with Crippen LogP contribution in [0.2, 0.25) is 0 Å². The molecule has 0 atom stereocenters. The van der Waals surface area contributed by atoms with Crippen LogP contribution in [0.3, 0.4) is 0 Å². The summed E-state index contributed by atoms with van der Waals surface area (Å²) in [6.45, 7) is -1.08. The van der Waals surface area contributed by atoms with E-state index >= 15 is 0 Å². The van der Waals surface area contributed by atoms with Gasteiger partial charge in [0.1, 0.15) is 6.54 Å².